The second-order valence-corrected chi connectivity index (χ2v) is 8.23. The van der Waals surface area contributed by atoms with Crippen molar-refractivity contribution in [3.63, 3.8) is 0 Å². The molecule has 1 saturated carbocycles. The number of benzene rings is 2. The zero-order valence-corrected chi connectivity index (χ0v) is 18.2. The van der Waals surface area contributed by atoms with Crippen LogP contribution in [0.15, 0.2) is 59.0 Å². The first kappa shape index (κ1) is 22.5. The molecule has 4 rings (SSSR count). The van der Waals surface area contributed by atoms with Crippen LogP contribution in [0, 0.1) is 5.41 Å². The molecule has 2 aromatic carbocycles. The summed E-state index contributed by atoms with van der Waals surface area (Å²) in [7, 11) is 0. The van der Waals surface area contributed by atoms with Gasteiger partial charge in [-0.25, -0.2) is 4.79 Å². The number of amides is 1. The van der Waals surface area contributed by atoms with Gasteiger partial charge in [0.1, 0.15) is 18.0 Å². The number of carbonyl (C=O) groups excluding carboxylic acids is 1. The van der Waals surface area contributed by atoms with Gasteiger partial charge in [-0.05, 0) is 55.5 Å². The molecular weight excluding hydrogens is 422 g/mol. The summed E-state index contributed by atoms with van der Waals surface area (Å²) in [5.74, 6) is -0.717. The van der Waals surface area contributed by atoms with E-state index in [0.717, 1.165) is 23.8 Å². The first-order valence-electron chi connectivity index (χ1n) is 11.0. The molecule has 0 radical (unpaired) electrons. The van der Waals surface area contributed by atoms with Crippen LogP contribution < -0.4 is 10.6 Å². The molecule has 1 aliphatic rings. The van der Waals surface area contributed by atoms with Crippen molar-refractivity contribution < 1.29 is 23.8 Å². The fourth-order valence-corrected chi connectivity index (χ4v) is 4.02. The van der Waals surface area contributed by atoms with Gasteiger partial charge in [0.15, 0.2) is 5.76 Å². The lowest BCUT2D eigenvalue weighted by Gasteiger charge is -2.28. The summed E-state index contributed by atoms with van der Waals surface area (Å²) in [5.41, 5.74) is 2.39. The summed E-state index contributed by atoms with van der Waals surface area (Å²) >= 11 is 0. The second-order valence-electron chi connectivity index (χ2n) is 8.23. The highest BCUT2D eigenvalue weighted by atomic mass is 16.5. The minimum atomic E-state index is -0.972. The Morgan fingerprint density at radius 2 is 1.82 bits per heavy atom. The van der Waals surface area contributed by atoms with Crippen molar-refractivity contribution >= 4 is 28.7 Å². The highest BCUT2D eigenvalue weighted by Crippen LogP contribution is 2.24. The van der Waals surface area contributed by atoms with Crippen molar-refractivity contribution in [3.8, 4) is 0 Å². The van der Waals surface area contributed by atoms with Gasteiger partial charge < -0.3 is 24.9 Å². The topological polar surface area (TPSA) is 125 Å². The van der Waals surface area contributed by atoms with Crippen molar-refractivity contribution in [1.82, 2.24) is 10.6 Å². The summed E-state index contributed by atoms with van der Waals surface area (Å²) < 4.78 is 11.1. The highest BCUT2D eigenvalue weighted by molar-refractivity contribution is 6.01. The standard InChI is InChI=1S/C25H27N3O5/c26-24(27-14-16-4-2-1-3-5-16)17-6-11-21-18(12-17)13-22(33-21)25(31)28-19-7-9-20(10-8-19)32-15-23(29)30/h1-6,11-13,19-20H,7-10,14-15H2,(H2,26,27)(H,28,31)(H,29,30)/t19-,20-. The number of carbonyl (C=O) groups is 2. The molecule has 0 aliphatic heterocycles. The van der Waals surface area contributed by atoms with Crippen LogP contribution in [-0.4, -0.2) is 41.6 Å². The van der Waals surface area contributed by atoms with Crippen LogP contribution in [0.1, 0.15) is 47.4 Å². The van der Waals surface area contributed by atoms with Crippen molar-refractivity contribution in [1.29, 1.82) is 5.41 Å². The van der Waals surface area contributed by atoms with Crippen LogP contribution in [0.5, 0.6) is 0 Å². The molecule has 1 aromatic heterocycles. The van der Waals surface area contributed by atoms with Gasteiger partial charge in [-0.1, -0.05) is 30.3 Å². The number of carboxylic acids is 1. The number of aliphatic carboxylic acids is 1. The molecule has 0 saturated heterocycles. The Bertz CT molecular complexity index is 1130. The van der Waals surface area contributed by atoms with Gasteiger partial charge in [-0.15, -0.1) is 0 Å². The Hall–Kier alpha value is -3.65. The van der Waals surface area contributed by atoms with Gasteiger partial charge in [0.05, 0.1) is 6.10 Å². The number of ether oxygens (including phenoxy) is 1. The maximum atomic E-state index is 12.7. The fraction of sp³-hybridized carbons (Fsp3) is 0.320. The van der Waals surface area contributed by atoms with E-state index in [-0.39, 0.29) is 30.4 Å². The van der Waals surface area contributed by atoms with Crippen molar-refractivity contribution in [2.24, 2.45) is 0 Å². The first-order chi connectivity index (χ1) is 16.0. The van der Waals surface area contributed by atoms with Crippen molar-refractivity contribution in [2.45, 2.75) is 44.4 Å². The number of hydrogen-bond donors (Lipinski definition) is 4. The molecule has 172 valence electrons. The molecule has 0 bridgehead atoms. The van der Waals surface area contributed by atoms with Gasteiger partial charge in [0, 0.05) is 23.5 Å². The van der Waals surface area contributed by atoms with Crippen LogP contribution in [0.3, 0.4) is 0 Å². The number of furan rings is 1. The van der Waals surface area contributed by atoms with Crippen molar-refractivity contribution in [2.75, 3.05) is 6.61 Å². The lowest BCUT2D eigenvalue weighted by molar-refractivity contribution is -0.145. The van der Waals surface area contributed by atoms with Crippen LogP contribution in [0.2, 0.25) is 0 Å². The van der Waals surface area contributed by atoms with E-state index in [4.69, 9.17) is 19.7 Å². The summed E-state index contributed by atoms with van der Waals surface area (Å²) in [4.78, 5) is 23.3. The maximum absolute atomic E-state index is 12.7. The molecule has 8 heteroatoms. The Morgan fingerprint density at radius 3 is 2.55 bits per heavy atom. The molecule has 0 atom stereocenters. The largest absolute Gasteiger partial charge is 0.480 e. The van der Waals surface area contributed by atoms with E-state index in [0.29, 0.717) is 36.4 Å². The first-order valence-corrected chi connectivity index (χ1v) is 11.0. The third kappa shape index (κ3) is 5.98. The van der Waals surface area contributed by atoms with Gasteiger partial charge in [-0.2, -0.15) is 0 Å². The van der Waals surface area contributed by atoms with Gasteiger partial charge in [-0.3, -0.25) is 10.2 Å². The molecular formula is C25H27N3O5. The predicted octanol–water partition coefficient (Wildman–Crippen LogP) is 3.69. The van der Waals surface area contributed by atoms with E-state index >= 15 is 0 Å². The van der Waals surface area contributed by atoms with E-state index < -0.39 is 5.97 Å². The van der Waals surface area contributed by atoms with E-state index in [1.807, 2.05) is 36.4 Å². The normalized spacial score (nSPS) is 18.1. The van der Waals surface area contributed by atoms with Crippen molar-refractivity contribution in [3.05, 3.63) is 71.5 Å². The number of amidine groups is 1. The number of rotatable bonds is 8. The lowest BCUT2D eigenvalue weighted by atomic mass is 9.93. The highest BCUT2D eigenvalue weighted by Gasteiger charge is 2.25. The minimum Gasteiger partial charge on any atom is -0.480 e. The van der Waals surface area contributed by atoms with Gasteiger partial charge >= 0.3 is 5.97 Å². The number of hydrogen-bond acceptors (Lipinski definition) is 5. The van der Waals surface area contributed by atoms with E-state index in [1.165, 1.54) is 0 Å². The molecule has 0 unspecified atom stereocenters. The molecule has 1 fully saturated rings. The quantitative estimate of drug-likeness (QED) is 0.307. The smallest absolute Gasteiger partial charge is 0.329 e. The van der Waals surface area contributed by atoms with E-state index in [1.54, 1.807) is 18.2 Å². The number of fused-ring (bicyclic) bond motifs is 1. The summed E-state index contributed by atoms with van der Waals surface area (Å²) in [6, 6.07) is 17.0. The second kappa shape index (κ2) is 10.3. The molecule has 33 heavy (non-hydrogen) atoms. The maximum Gasteiger partial charge on any atom is 0.329 e. The summed E-state index contributed by atoms with van der Waals surface area (Å²) in [6.45, 7) is 0.266. The van der Waals surface area contributed by atoms with E-state index in [2.05, 4.69) is 10.6 Å². The zero-order chi connectivity index (χ0) is 23.2. The average molecular weight is 450 g/mol. The fourth-order valence-electron chi connectivity index (χ4n) is 4.02. The molecule has 1 aliphatic carbocycles. The Kier molecular flexibility index (Phi) is 7.04. The molecule has 1 heterocycles. The van der Waals surface area contributed by atoms with E-state index in [9.17, 15) is 9.59 Å². The van der Waals surface area contributed by atoms with Gasteiger partial charge in [0.2, 0.25) is 0 Å². The lowest BCUT2D eigenvalue weighted by Crippen LogP contribution is -2.39. The van der Waals surface area contributed by atoms with Crippen LogP contribution in [0.25, 0.3) is 11.0 Å². The average Bonchev–Trinajstić information content (AvgIpc) is 3.26. The number of nitrogens with one attached hydrogen (secondary N) is 3. The number of carboxylic acid groups (broad SMARTS) is 1. The Morgan fingerprint density at radius 1 is 1.06 bits per heavy atom. The van der Waals surface area contributed by atoms with Crippen LogP contribution >= 0.6 is 0 Å². The van der Waals surface area contributed by atoms with Crippen LogP contribution in [0.4, 0.5) is 0 Å². The zero-order valence-electron chi connectivity index (χ0n) is 18.2. The molecule has 1 amide bonds. The third-order valence-corrected chi connectivity index (χ3v) is 5.79. The molecule has 3 aromatic rings. The SMILES string of the molecule is N=C(NCc1ccccc1)c1ccc2oc(C(=O)N[C@H]3CC[C@H](OCC(=O)O)CC3)cc2c1. The molecule has 0 spiro atoms. The molecule has 4 N–H and O–H groups in total. The molecule has 8 nitrogen and oxygen atoms in total. The Labute approximate surface area is 191 Å². The minimum absolute atomic E-state index is 0.00122. The summed E-state index contributed by atoms with van der Waals surface area (Å²) in [6.07, 6.45) is 2.79. The monoisotopic (exact) mass is 449 g/mol. The third-order valence-electron chi connectivity index (χ3n) is 5.79. The van der Waals surface area contributed by atoms with Gasteiger partial charge in [0.25, 0.3) is 5.91 Å². The predicted molar refractivity (Wildman–Crippen MR) is 123 cm³/mol. The Balaban J connectivity index is 1.33. The van der Waals surface area contributed by atoms with Crippen LogP contribution in [-0.2, 0) is 16.1 Å². The summed E-state index contributed by atoms with van der Waals surface area (Å²) in [5, 5.41) is 23.9.